The molecule has 3 N–H and O–H groups in total. The predicted octanol–water partition coefficient (Wildman–Crippen LogP) is 0.657. The van der Waals surface area contributed by atoms with Crippen LogP contribution in [0.15, 0.2) is 0 Å². The second-order valence-electron chi connectivity index (χ2n) is 4.57. The van der Waals surface area contributed by atoms with Gasteiger partial charge in [0.2, 0.25) is 5.91 Å². The summed E-state index contributed by atoms with van der Waals surface area (Å²) in [5.74, 6) is 0.353. The monoisotopic (exact) mass is 214 g/mol. The average molecular weight is 214 g/mol. The van der Waals surface area contributed by atoms with Gasteiger partial charge >= 0.3 is 0 Å². The molecule has 1 fully saturated rings. The minimum atomic E-state index is -0.490. The van der Waals surface area contributed by atoms with E-state index in [-0.39, 0.29) is 5.91 Å². The summed E-state index contributed by atoms with van der Waals surface area (Å²) in [6, 6.07) is 0. The van der Waals surface area contributed by atoms with Gasteiger partial charge in [-0.1, -0.05) is 19.8 Å². The highest BCUT2D eigenvalue weighted by Crippen LogP contribution is 2.31. The summed E-state index contributed by atoms with van der Waals surface area (Å²) >= 11 is 0. The molecule has 0 aromatic carbocycles. The van der Waals surface area contributed by atoms with Gasteiger partial charge in [-0.15, -0.1) is 0 Å². The van der Waals surface area contributed by atoms with Crippen molar-refractivity contribution in [1.29, 1.82) is 0 Å². The quantitative estimate of drug-likeness (QED) is 0.661. The van der Waals surface area contributed by atoms with Crippen molar-refractivity contribution in [1.82, 2.24) is 5.32 Å². The fourth-order valence-electron chi connectivity index (χ4n) is 2.42. The molecule has 0 saturated heterocycles. The van der Waals surface area contributed by atoms with E-state index in [1.165, 1.54) is 6.42 Å². The Labute approximate surface area is 91.5 Å². The molecule has 1 aliphatic rings. The summed E-state index contributed by atoms with van der Waals surface area (Å²) < 4.78 is 4.97. The van der Waals surface area contributed by atoms with Crippen molar-refractivity contribution in [3.05, 3.63) is 0 Å². The maximum absolute atomic E-state index is 11.5. The number of hydrogen-bond acceptors (Lipinski definition) is 3. The molecule has 4 heteroatoms. The van der Waals surface area contributed by atoms with Crippen LogP contribution in [0.25, 0.3) is 0 Å². The van der Waals surface area contributed by atoms with Crippen LogP contribution in [0.5, 0.6) is 0 Å². The van der Waals surface area contributed by atoms with E-state index in [0.717, 1.165) is 19.3 Å². The fraction of sp³-hybridized carbons (Fsp3) is 0.909. The van der Waals surface area contributed by atoms with E-state index in [4.69, 9.17) is 10.5 Å². The van der Waals surface area contributed by atoms with Crippen molar-refractivity contribution in [2.75, 3.05) is 20.3 Å². The zero-order chi connectivity index (χ0) is 11.3. The van der Waals surface area contributed by atoms with Crippen LogP contribution in [0.2, 0.25) is 0 Å². The summed E-state index contributed by atoms with van der Waals surface area (Å²) in [7, 11) is 1.65. The van der Waals surface area contributed by atoms with Gasteiger partial charge in [0.25, 0.3) is 0 Å². The molecule has 2 atom stereocenters. The third-order valence-corrected chi connectivity index (χ3v) is 3.24. The van der Waals surface area contributed by atoms with Crippen LogP contribution in [-0.4, -0.2) is 31.7 Å². The van der Waals surface area contributed by atoms with E-state index in [0.29, 0.717) is 19.1 Å². The number of methoxy groups -OCH3 is 1. The molecule has 0 spiro atoms. The summed E-state index contributed by atoms with van der Waals surface area (Å²) in [4.78, 5) is 11.5. The molecule has 0 aromatic heterocycles. The van der Waals surface area contributed by atoms with Crippen molar-refractivity contribution in [2.24, 2.45) is 11.7 Å². The molecule has 4 nitrogen and oxygen atoms in total. The van der Waals surface area contributed by atoms with Crippen LogP contribution in [0.3, 0.4) is 0 Å². The van der Waals surface area contributed by atoms with E-state index in [1.54, 1.807) is 7.11 Å². The van der Waals surface area contributed by atoms with Gasteiger partial charge in [0.15, 0.2) is 0 Å². The molecule has 0 aliphatic heterocycles. The first-order chi connectivity index (χ1) is 7.10. The van der Waals surface area contributed by atoms with Gasteiger partial charge in [0.1, 0.15) is 0 Å². The van der Waals surface area contributed by atoms with E-state index < -0.39 is 5.54 Å². The molecule has 1 saturated carbocycles. The second-order valence-corrected chi connectivity index (χ2v) is 4.57. The lowest BCUT2D eigenvalue weighted by Gasteiger charge is -2.38. The Hall–Kier alpha value is -0.610. The average Bonchev–Trinajstić information content (AvgIpc) is 2.18. The SMILES string of the molecule is COCCNC1(C(N)=O)CCCC(C)C1. The fourth-order valence-corrected chi connectivity index (χ4v) is 2.42. The highest BCUT2D eigenvalue weighted by molar-refractivity contribution is 5.84. The molecule has 2 unspecified atom stereocenters. The van der Waals surface area contributed by atoms with Crippen LogP contribution in [-0.2, 0) is 9.53 Å². The smallest absolute Gasteiger partial charge is 0.237 e. The van der Waals surface area contributed by atoms with Crippen LogP contribution in [0.1, 0.15) is 32.6 Å². The summed E-state index contributed by atoms with van der Waals surface area (Å²) in [6.07, 6.45) is 3.98. The summed E-state index contributed by atoms with van der Waals surface area (Å²) in [5, 5.41) is 3.27. The summed E-state index contributed by atoms with van der Waals surface area (Å²) in [5.41, 5.74) is 5.01. The molecule has 15 heavy (non-hydrogen) atoms. The molecule has 1 rings (SSSR count). The normalized spacial score (nSPS) is 31.5. The Bertz CT molecular complexity index is 221. The zero-order valence-electron chi connectivity index (χ0n) is 9.71. The maximum Gasteiger partial charge on any atom is 0.237 e. The maximum atomic E-state index is 11.5. The molecule has 0 aromatic rings. The van der Waals surface area contributed by atoms with Crippen molar-refractivity contribution >= 4 is 5.91 Å². The van der Waals surface area contributed by atoms with Gasteiger partial charge in [0, 0.05) is 13.7 Å². The van der Waals surface area contributed by atoms with Gasteiger partial charge in [-0.3, -0.25) is 4.79 Å². The number of carbonyl (C=O) groups is 1. The van der Waals surface area contributed by atoms with Gasteiger partial charge in [-0.25, -0.2) is 0 Å². The molecular weight excluding hydrogens is 192 g/mol. The van der Waals surface area contributed by atoms with Gasteiger partial charge in [-0.05, 0) is 18.8 Å². The molecule has 88 valence electrons. The molecule has 1 aliphatic carbocycles. The Morgan fingerprint density at radius 1 is 1.67 bits per heavy atom. The van der Waals surface area contributed by atoms with E-state index >= 15 is 0 Å². The Balaban J connectivity index is 2.57. The summed E-state index contributed by atoms with van der Waals surface area (Å²) in [6.45, 7) is 3.48. The van der Waals surface area contributed by atoms with Crippen molar-refractivity contribution in [3.8, 4) is 0 Å². The lowest BCUT2D eigenvalue weighted by molar-refractivity contribution is -0.126. The van der Waals surface area contributed by atoms with Gasteiger partial charge in [0.05, 0.1) is 12.1 Å². The lowest BCUT2D eigenvalue weighted by atomic mass is 9.76. The zero-order valence-corrected chi connectivity index (χ0v) is 9.71. The van der Waals surface area contributed by atoms with Crippen molar-refractivity contribution < 1.29 is 9.53 Å². The topological polar surface area (TPSA) is 64.3 Å². The van der Waals surface area contributed by atoms with Gasteiger partial charge in [-0.2, -0.15) is 0 Å². The van der Waals surface area contributed by atoms with Crippen LogP contribution < -0.4 is 11.1 Å². The molecule has 0 heterocycles. The van der Waals surface area contributed by atoms with E-state index in [2.05, 4.69) is 12.2 Å². The van der Waals surface area contributed by atoms with Crippen LogP contribution in [0.4, 0.5) is 0 Å². The Kier molecular flexibility index (Phi) is 4.54. The minimum Gasteiger partial charge on any atom is -0.383 e. The Morgan fingerprint density at radius 3 is 2.93 bits per heavy atom. The first-order valence-electron chi connectivity index (χ1n) is 5.64. The lowest BCUT2D eigenvalue weighted by Crippen LogP contribution is -2.58. The second kappa shape index (κ2) is 5.47. The number of rotatable bonds is 5. The number of nitrogens with one attached hydrogen (secondary N) is 1. The number of ether oxygens (including phenoxy) is 1. The van der Waals surface area contributed by atoms with Crippen LogP contribution in [0, 0.1) is 5.92 Å². The van der Waals surface area contributed by atoms with Crippen molar-refractivity contribution in [2.45, 2.75) is 38.1 Å². The molecular formula is C11H22N2O2. The third-order valence-electron chi connectivity index (χ3n) is 3.24. The minimum absolute atomic E-state index is 0.217. The Morgan fingerprint density at radius 2 is 2.40 bits per heavy atom. The number of carbonyl (C=O) groups excluding carboxylic acids is 1. The standard InChI is InChI=1S/C11H22N2O2/c1-9-4-3-5-11(8-9,10(12)14)13-6-7-15-2/h9,13H,3-8H2,1-2H3,(H2,12,14). The third kappa shape index (κ3) is 3.18. The van der Waals surface area contributed by atoms with Crippen LogP contribution >= 0.6 is 0 Å². The predicted molar refractivity (Wildman–Crippen MR) is 59.4 cm³/mol. The van der Waals surface area contributed by atoms with E-state index in [9.17, 15) is 4.79 Å². The number of primary amides is 1. The molecule has 1 amide bonds. The molecule has 0 radical (unpaired) electrons. The first-order valence-corrected chi connectivity index (χ1v) is 5.64. The number of nitrogens with two attached hydrogens (primary N) is 1. The van der Waals surface area contributed by atoms with Crippen molar-refractivity contribution in [3.63, 3.8) is 0 Å². The number of amides is 1. The van der Waals surface area contributed by atoms with Gasteiger partial charge < -0.3 is 15.8 Å². The molecule has 0 bridgehead atoms. The largest absolute Gasteiger partial charge is 0.383 e. The first kappa shape index (κ1) is 12.5. The van der Waals surface area contributed by atoms with E-state index in [1.807, 2.05) is 0 Å². The highest BCUT2D eigenvalue weighted by Gasteiger charge is 2.39. The number of hydrogen-bond donors (Lipinski definition) is 2. The highest BCUT2D eigenvalue weighted by atomic mass is 16.5.